The first-order valence-corrected chi connectivity index (χ1v) is 6.57. The van der Waals surface area contributed by atoms with E-state index in [4.69, 9.17) is 4.74 Å². The number of ether oxygens (including phenoxy) is 1. The maximum absolute atomic E-state index is 5.43. The second-order valence-electron chi connectivity index (χ2n) is 4.36. The first-order chi connectivity index (χ1) is 9.86. The largest absolute Gasteiger partial charge is 0.494 e. The Hall–Kier alpha value is -2.62. The molecule has 0 spiro atoms. The maximum Gasteiger partial charge on any atom is 0.160 e. The van der Waals surface area contributed by atoms with Crippen LogP contribution >= 0.6 is 0 Å². The zero-order valence-corrected chi connectivity index (χ0v) is 11.2. The molecule has 0 saturated carbocycles. The molecular formula is C16H15N3O. The lowest BCUT2D eigenvalue weighted by Crippen LogP contribution is -1.97. The van der Waals surface area contributed by atoms with Gasteiger partial charge in [-0.15, -0.1) is 5.10 Å². The quantitative estimate of drug-likeness (QED) is 0.780. The summed E-state index contributed by atoms with van der Waals surface area (Å²) in [6.45, 7) is 2.64. The fourth-order valence-corrected chi connectivity index (χ4v) is 2.06. The SMILES string of the molecule is CCOc1ccc(Nc2nncc3ccccc23)cc1. The summed E-state index contributed by atoms with van der Waals surface area (Å²) in [5, 5.41) is 13.6. The summed E-state index contributed by atoms with van der Waals surface area (Å²) in [4.78, 5) is 0. The monoisotopic (exact) mass is 265 g/mol. The minimum absolute atomic E-state index is 0.668. The Balaban J connectivity index is 1.89. The topological polar surface area (TPSA) is 47.0 Å². The standard InChI is InChI=1S/C16H15N3O/c1-2-20-14-9-7-13(8-10-14)18-16-15-6-4-3-5-12(15)11-17-19-16/h3-11H,2H2,1H3,(H,18,19). The number of aromatic nitrogens is 2. The Morgan fingerprint density at radius 1 is 1.05 bits per heavy atom. The average molecular weight is 265 g/mol. The third-order valence-electron chi connectivity index (χ3n) is 3.00. The Labute approximate surface area is 117 Å². The van der Waals surface area contributed by atoms with Gasteiger partial charge in [-0.2, -0.15) is 5.10 Å². The van der Waals surface area contributed by atoms with Gasteiger partial charge in [0.05, 0.1) is 12.8 Å². The number of rotatable bonds is 4. The third kappa shape index (κ3) is 2.54. The van der Waals surface area contributed by atoms with E-state index in [1.807, 2.05) is 55.5 Å². The molecule has 0 bridgehead atoms. The highest BCUT2D eigenvalue weighted by Crippen LogP contribution is 2.24. The van der Waals surface area contributed by atoms with Crippen molar-refractivity contribution in [2.75, 3.05) is 11.9 Å². The predicted octanol–water partition coefficient (Wildman–Crippen LogP) is 3.77. The third-order valence-corrected chi connectivity index (χ3v) is 3.00. The molecule has 1 heterocycles. The van der Waals surface area contributed by atoms with Crippen LogP contribution in [0.1, 0.15) is 6.92 Å². The van der Waals surface area contributed by atoms with E-state index in [0.29, 0.717) is 6.61 Å². The second kappa shape index (κ2) is 5.57. The molecule has 3 rings (SSSR count). The lowest BCUT2D eigenvalue weighted by molar-refractivity contribution is 0.340. The van der Waals surface area contributed by atoms with Crippen LogP contribution in [0.4, 0.5) is 11.5 Å². The van der Waals surface area contributed by atoms with Crippen molar-refractivity contribution in [2.45, 2.75) is 6.92 Å². The Bertz CT molecular complexity index is 705. The molecule has 1 aromatic heterocycles. The number of nitrogens with zero attached hydrogens (tertiary/aromatic N) is 2. The van der Waals surface area contributed by atoms with Gasteiger partial charge in [-0.05, 0) is 31.2 Å². The van der Waals surface area contributed by atoms with Gasteiger partial charge < -0.3 is 10.1 Å². The van der Waals surface area contributed by atoms with Crippen LogP contribution in [0.3, 0.4) is 0 Å². The average Bonchev–Trinajstić information content (AvgIpc) is 2.50. The molecule has 0 aliphatic carbocycles. The van der Waals surface area contributed by atoms with Crippen molar-refractivity contribution in [3.8, 4) is 5.75 Å². The van der Waals surface area contributed by atoms with Crippen LogP contribution in [-0.4, -0.2) is 16.8 Å². The van der Waals surface area contributed by atoms with Gasteiger partial charge in [0.25, 0.3) is 0 Å². The van der Waals surface area contributed by atoms with E-state index in [-0.39, 0.29) is 0 Å². The lowest BCUT2D eigenvalue weighted by Gasteiger charge is -2.09. The predicted molar refractivity (Wildman–Crippen MR) is 80.4 cm³/mol. The molecule has 1 N–H and O–H groups in total. The summed E-state index contributed by atoms with van der Waals surface area (Å²) >= 11 is 0. The van der Waals surface area contributed by atoms with Gasteiger partial charge in [-0.1, -0.05) is 24.3 Å². The van der Waals surface area contributed by atoms with Crippen LogP contribution in [-0.2, 0) is 0 Å². The zero-order chi connectivity index (χ0) is 13.8. The summed E-state index contributed by atoms with van der Waals surface area (Å²) in [5.41, 5.74) is 0.958. The second-order valence-corrected chi connectivity index (χ2v) is 4.36. The van der Waals surface area contributed by atoms with E-state index in [9.17, 15) is 0 Å². The van der Waals surface area contributed by atoms with Gasteiger partial charge in [-0.3, -0.25) is 0 Å². The van der Waals surface area contributed by atoms with Crippen LogP contribution in [0.25, 0.3) is 10.8 Å². The van der Waals surface area contributed by atoms with Crippen LogP contribution in [0.15, 0.2) is 54.7 Å². The van der Waals surface area contributed by atoms with Crippen molar-refractivity contribution in [1.29, 1.82) is 0 Å². The molecule has 3 aromatic rings. The molecule has 100 valence electrons. The van der Waals surface area contributed by atoms with Crippen LogP contribution in [0.2, 0.25) is 0 Å². The Morgan fingerprint density at radius 3 is 2.65 bits per heavy atom. The minimum atomic E-state index is 0.668. The molecule has 0 radical (unpaired) electrons. The molecule has 0 atom stereocenters. The van der Waals surface area contributed by atoms with Crippen molar-refractivity contribution in [3.63, 3.8) is 0 Å². The number of benzene rings is 2. The van der Waals surface area contributed by atoms with E-state index >= 15 is 0 Å². The molecule has 20 heavy (non-hydrogen) atoms. The summed E-state index contributed by atoms with van der Waals surface area (Å²) in [6.07, 6.45) is 1.76. The Kier molecular flexibility index (Phi) is 3.46. The molecule has 0 saturated heterocycles. The normalized spacial score (nSPS) is 10.4. The number of fused-ring (bicyclic) bond motifs is 1. The highest BCUT2D eigenvalue weighted by Gasteiger charge is 2.03. The maximum atomic E-state index is 5.43. The summed E-state index contributed by atoms with van der Waals surface area (Å²) < 4.78 is 5.43. The van der Waals surface area contributed by atoms with Crippen LogP contribution in [0.5, 0.6) is 5.75 Å². The molecule has 0 unspecified atom stereocenters. The number of nitrogens with one attached hydrogen (secondary N) is 1. The molecule has 0 fully saturated rings. The number of anilines is 2. The zero-order valence-electron chi connectivity index (χ0n) is 11.2. The molecule has 0 aliphatic rings. The van der Waals surface area contributed by atoms with E-state index < -0.39 is 0 Å². The van der Waals surface area contributed by atoms with Crippen molar-refractivity contribution in [3.05, 3.63) is 54.7 Å². The lowest BCUT2D eigenvalue weighted by atomic mass is 10.2. The van der Waals surface area contributed by atoms with Crippen molar-refractivity contribution < 1.29 is 4.74 Å². The van der Waals surface area contributed by atoms with Gasteiger partial charge in [0.2, 0.25) is 0 Å². The van der Waals surface area contributed by atoms with E-state index in [0.717, 1.165) is 28.0 Å². The van der Waals surface area contributed by atoms with Crippen molar-refractivity contribution >= 4 is 22.3 Å². The minimum Gasteiger partial charge on any atom is -0.494 e. The molecule has 4 nitrogen and oxygen atoms in total. The first-order valence-electron chi connectivity index (χ1n) is 6.57. The molecule has 4 heteroatoms. The van der Waals surface area contributed by atoms with Crippen molar-refractivity contribution in [2.24, 2.45) is 0 Å². The number of hydrogen-bond donors (Lipinski definition) is 1. The smallest absolute Gasteiger partial charge is 0.160 e. The molecular weight excluding hydrogens is 250 g/mol. The molecule has 2 aromatic carbocycles. The van der Waals surface area contributed by atoms with Gasteiger partial charge in [0.1, 0.15) is 5.75 Å². The van der Waals surface area contributed by atoms with Gasteiger partial charge in [-0.25, -0.2) is 0 Å². The summed E-state index contributed by atoms with van der Waals surface area (Å²) in [7, 11) is 0. The summed E-state index contributed by atoms with van der Waals surface area (Å²) in [6, 6.07) is 15.8. The van der Waals surface area contributed by atoms with E-state index in [1.54, 1.807) is 6.20 Å². The highest BCUT2D eigenvalue weighted by molar-refractivity contribution is 5.92. The number of hydrogen-bond acceptors (Lipinski definition) is 4. The molecule has 0 amide bonds. The highest BCUT2D eigenvalue weighted by atomic mass is 16.5. The Morgan fingerprint density at radius 2 is 1.85 bits per heavy atom. The van der Waals surface area contributed by atoms with Gasteiger partial charge in [0.15, 0.2) is 5.82 Å². The van der Waals surface area contributed by atoms with Crippen LogP contribution < -0.4 is 10.1 Å². The molecule has 0 aliphatic heterocycles. The fourth-order valence-electron chi connectivity index (χ4n) is 2.06. The van der Waals surface area contributed by atoms with Gasteiger partial charge >= 0.3 is 0 Å². The first kappa shape index (κ1) is 12.4. The summed E-state index contributed by atoms with van der Waals surface area (Å²) in [5.74, 6) is 1.62. The van der Waals surface area contributed by atoms with Crippen molar-refractivity contribution in [1.82, 2.24) is 10.2 Å². The van der Waals surface area contributed by atoms with E-state index in [2.05, 4.69) is 15.5 Å². The van der Waals surface area contributed by atoms with Gasteiger partial charge in [0, 0.05) is 16.5 Å². The van der Waals surface area contributed by atoms with E-state index in [1.165, 1.54) is 0 Å². The fraction of sp³-hybridized carbons (Fsp3) is 0.125. The van der Waals surface area contributed by atoms with Crippen LogP contribution in [0, 0.1) is 0 Å².